The van der Waals surface area contributed by atoms with Gasteiger partial charge in [0.2, 0.25) is 0 Å². The fraction of sp³-hybridized carbons (Fsp3) is 0.615. The van der Waals surface area contributed by atoms with Crippen LogP contribution in [0.2, 0.25) is 0 Å². The van der Waals surface area contributed by atoms with Gasteiger partial charge in [0.15, 0.2) is 5.79 Å². The Hall–Kier alpha value is -1.22. The smallest absolute Gasteiger partial charge is 0.342 e. The molecule has 1 amide bonds. The van der Waals surface area contributed by atoms with Crippen LogP contribution in [-0.2, 0) is 23.4 Å². The van der Waals surface area contributed by atoms with E-state index in [1.165, 1.54) is 6.08 Å². The summed E-state index contributed by atoms with van der Waals surface area (Å²) in [6.45, 7) is 7.24. The van der Waals surface area contributed by atoms with Crippen molar-refractivity contribution in [2.45, 2.75) is 50.4 Å². The molecule has 1 aliphatic carbocycles. The second kappa shape index (κ2) is 5.41. The predicted molar refractivity (Wildman–Crippen MR) is 77.4 cm³/mol. The van der Waals surface area contributed by atoms with Gasteiger partial charge in [0.1, 0.15) is 24.1 Å². The van der Waals surface area contributed by atoms with Crippen LogP contribution in [0.4, 0.5) is 0 Å². The van der Waals surface area contributed by atoms with Gasteiger partial charge in [-0.3, -0.25) is 9.32 Å². The Kier molecular flexibility index (Phi) is 3.91. The largest absolute Gasteiger partial charge is 0.469 e. The number of nitrogens with zero attached hydrogens (tertiary/aromatic N) is 1. The van der Waals surface area contributed by atoms with E-state index in [-0.39, 0.29) is 18.4 Å². The third-order valence-electron chi connectivity index (χ3n) is 3.98. The summed E-state index contributed by atoms with van der Waals surface area (Å²) in [5.74, 6) is -0.812. The lowest BCUT2D eigenvalue weighted by Crippen LogP contribution is -2.45. The predicted octanol–water partition coefficient (Wildman–Crippen LogP) is 0.173. The van der Waals surface area contributed by atoms with Crippen molar-refractivity contribution in [3.05, 3.63) is 24.7 Å². The number of phosphoric acid groups is 1. The van der Waals surface area contributed by atoms with Gasteiger partial charge in [0, 0.05) is 18.7 Å². The van der Waals surface area contributed by atoms with Crippen molar-refractivity contribution in [2.75, 3.05) is 0 Å². The molecule has 0 aromatic rings. The van der Waals surface area contributed by atoms with Gasteiger partial charge in [-0.1, -0.05) is 6.58 Å². The van der Waals surface area contributed by atoms with Crippen LogP contribution in [0.5, 0.6) is 0 Å². The maximum absolute atomic E-state index is 11.3. The minimum atomic E-state index is -4.66. The maximum atomic E-state index is 11.3. The van der Waals surface area contributed by atoms with Gasteiger partial charge < -0.3 is 29.5 Å². The van der Waals surface area contributed by atoms with E-state index in [1.807, 2.05) is 0 Å². The molecule has 3 rings (SSSR count). The number of phosphoric ester groups is 1. The van der Waals surface area contributed by atoms with Crippen LogP contribution >= 0.6 is 7.82 Å². The van der Waals surface area contributed by atoms with Crippen molar-refractivity contribution in [2.24, 2.45) is 0 Å². The van der Waals surface area contributed by atoms with Crippen molar-refractivity contribution in [3.8, 4) is 0 Å². The number of amides is 1. The zero-order chi connectivity index (χ0) is 17.0. The summed E-state index contributed by atoms with van der Waals surface area (Å²) in [5, 5.41) is 2.58. The summed E-state index contributed by atoms with van der Waals surface area (Å²) in [5.41, 5.74) is 0. The van der Waals surface area contributed by atoms with Crippen LogP contribution in [0.25, 0.3) is 0 Å². The average Bonchev–Trinajstić information content (AvgIpc) is 2.83. The third-order valence-corrected chi connectivity index (χ3v) is 4.52. The molecule has 1 saturated heterocycles. The number of ether oxygens (including phenoxy) is 2. The van der Waals surface area contributed by atoms with Gasteiger partial charge in [-0.2, -0.15) is 0 Å². The molecule has 3 aliphatic rings. The Morgan fingerprint density at radius 2 is 2.09 bits per heavy atom. The molecule has 0 spiro atoms. The van der Waals surface area contributed by atoms with Gasteiger partial charge in [-0.25, -0.2) is 4.57 Å². The van der Waals surface area contributed by atoms with E-state index in [9.17, 15) is 9.36 Å². The molecule has 2 aliphatic heterocycles. The summed E-state index contributed by atoms with van der Waals surface area (Å²) in [4.78, 5) is 31.3. The molecule has 1 saturated carbocycles. The van der Waals surface area contributed by atoms with Gasteiger partial charge in [0.25, 0.3) is 5.91 Å². The molecule has 0 radical (unpaired) electrons. The van der Waals surface area contributed by atoms with Crippen LogP contribution in [0.1, 0.15) is 20.3 Å². The second-order valence-electron chi connectivity index (χ2n) is 6.16. The minimum absolute atomic E-state index is 0.260. The number of carbonyl (C=O) groups is 1. The van der Waals surface area contributed by atoms with Crippen molar-refractivity contribution in [3.63, 3.8) is 0 Å². The molecular formula is C13H19N2O7P. The molecule has 23 heavy (non-hydrogen) atoms. The zero-order valence-corrected chi connectivity index (χ0v) is 13.6. The molecule has 9 nitrogen and oxygen atoms in total. The Balaban J connectivity index is 1.86. The number of carbonyl (C=O) groups excluding carboxylic acids is 1. The Morgan fingerprint density at radius 1 is 1.43 bits per heavy atom. The van der Waals surface area contributed by atoms with E-state index >= 15 is 0 Å². The van der Waals surface area contributed by atoms with Crippen molar-refractivity contribution >= 4 is 13.7 Å². The monoisotopic (exact) mass is 346 g/mol. The number of fused-ring (bicyclic) bond motifs is 1. The fourth-order valence-electron chi connectivity index (χ4n) is 3.26. The number of rotatable bonds is 3. The first-order valence-corrected chi connectivity index (χ1v) is 8.65. The van der Waals surface area contributed by atoms with E-state index in [0.717, 1.165) is 0 Å². The van der Waals surface area contributed by atoms with Crippen LogP contribution in [-0.4, -0.2) is 50.7 Å². The molecule has 0 aromatic heterocycles. The number of hydrogen-bond acceptors (Lipinski definition) is 6. The van der Waals surface area contributed by atoms with E-state index in [0.29, 0.717) is 5.82 Å². The highest BCUT2D eigenvalue weighted by Gasteiger charge is 2.57. The van der Waals surface area contributed by atoms with Crippen LogP contribution < -0.4 is 5.32 Å². The standard InChI is InChI=1S/C13H19N2O7P/c1-7-14-10(16)4-5-15(7)8-6-9(22-23(17,18)19)12-11(8)20-13(2,3)21-12/h4-5,8-9,11-12H,1,6H2,2-3H3,(H,14,16)(H2,17,18,19). The topological polar surface area (TPSA) is 118 Å². The Labute approximate surface area is 133 Å². The van der Waals surface area contributed by atoms with E-state index < -0.39 is 31.9 Å². The Morgan fingerprint density at radius 3 is 2.70 bits per heavy atom. The summed E-state index contributed by atoms with van der Waals surface area (Å²) in [7, 11) is -4.66. The molecule has 128 valence electrons. The van der Waals surface area contributed by atoms with Crippen molar-refractivity contribution in [1.82, 2.24) is 10.2 Å². The highest BCUT2D eigenvalue weighted by molar-refractivity contribution is 7.46. The summed E-state index contributed by atoms with van der Waals surface area (Å²) < 4.78 is 27.7. The molecule has 0 bridgehead atoms. The maximum Gasteiger partial charge on any atom is 0.469 e. The molecule has 0 aromatic carbocycles. The molecule has 2 fully saturated rings. The average molecular weight is 346 g/mol. The van der Waals surface area contributed by atoms with E-state index in [2.05, 4.69) is 11.9 Å². The lowest BCUT2D eigenvalue weighted by Gasteiger charge is -2.34. The van der Waals surface area contributed by atoms with E-state index in [1.54, 1.807) is 24.9 Å². The lowest BCUT2D eigenvalue weighted by atomic mass is 10.1. The zero-order valence-electron chi connectivity index (χ0n) is 12.7. The highest BCUT2D eigenvalue weighted by Crippen LogP contribution is 2.48. The summed E-state index contributed by atoms with van der Waals surface area (Å²) >= 11 is 0. The van der Waals surface area contributed by atoms with Gasteiger partial charge in [0.05, 0.1) is 6.04 Å². The fourth-order valence-corrected chi connectivity index (χ4v) is 3.82. The summed E-state index contributed by atoms with van der Waals surface area (Å²) in [6, 6.07) is -0.331. The molecule has 4 atom stereocenters. The molecular weight excluding hydrogens is 327 g/mol. The normalized spacial score (nSPS) is 36.3. The van der Waals surface area contributed by atoms with Crippen LogP contribution in [0.3, 0.4) is 0 Å². The minimum Gasteiger partial charge on any atom is -0.342 e. The van der Waals surface area contributed by atoms with Crippen molar-refractivity contribution in [1.29, 1.82) is 0 Å². The molecule has 3 N–H and O–H groups in total. The molecule has 10 heteroatoms. The highest BCUT2D eigenvalue weighted by atomic mass is 31.2. The number of nitrogens with one attached hydrogen (secondary N) is 1. The van der Waals surface area contributed by atoms with Gasteiger partial charge in [-0.15, -0.1) is 0 Å². The van der Waals surface area contributed by atoms with Gasteiger partial charge in [-0.05, 0) is 13.8 Å². The van der Waals surface area contributed by atoms with Crippen LogP contribution in [0, 0.1) is 0 Å². The van der Waals surface area contributed by atoms with Crippen LogP contribution in [0.15, 0.2) is 24.7 Å². The quantitative estimate of drug-likeness (QED) is 0.619. The van der Waals surface area contributed by atoms with E-state index in [4.69, 9.17) is 23.8 Å². The lowest BCUT2D eigenvalue weighted by molar-refractivity contribution is -0.165. The van der Waals surface area contributed by atoms with Gasteiger partial charge >= 0.3 is 7.82 Å². The van der Waals surface area contributed by atoms with Crippen molar-refractivity contribution < 1.29 is 33.1 Å². The first-order valence-electron chi connectivity index (χ1n) is 7.12. The molecule has 2 heterocycles. The SMILES string of the molecule is C=C1NC(=O)C=CN1C1CC(OP(=O)(O)O)C2OC(C)(C)OC21. The number of hydrogen-bond donors (Lipinski definition) is 3. The first-order chi connectivity index (χ1) is 10.6. The third kappa shape index (κ3) is 3.35. The Bertz CT molecular complexity index is 613. The second-order valence-corrected chi connectivity index (χ2v) is 7.35. The first kappa shape index (κ1) is 16.6. The molecule has 4 unspecified atom stereocenters. The summed E-state index contributed by atoms with van der Waals surface area (Å²) in [6.07, 6.45) is 1.25.